The molecule has 0 amide bonds. The zero-order valence-corrected chi connectivity index (χ0v) is 8.19. The van der Waals surface area contributed by atoms with Crippen LogP contribution in [0.2, 0.25) is 0 Å². The number of hydrogen-bond acceptors (Lipinski definition) is 3. The predicted molar refractivity (Wildman–Crippen MR) is 50.5 cm³/mol. The predicted octanol–water partition coefficient (Wildman–Crippen LogP) is 1.89. The SMILES string of the molecule is CC(C)c1nc2c(o1)Cc1nccn1-2. The lowest BCUT2D eigenvalue weighted by molar-refractivity contribution is 0.443. The number of aromatic nitrogens is 3. The van der Waals surface area contributed by atoms with Gasteiger partial charge in [-0.25, -0.2) is 4.98 Å². The Bertz CT molecular complexity index is 481. The van der Waals surface area contributed by atoms with Crippen LogP contribution in [0.15, 0.2) is 16.8 Å². The van der Waals surface area contributed by atoms with Crippen LogP contribution >= 0.6 is 0 Å². The van der Waals surface area contributed by atoms with Crippen LogP contribution in [0.25, 0.3) is 5.82 Å². The lowest BCUT2D eigenvalue weighted by atomic mass is 10.2. The second kappa shape index (κ2) is 2.47. The number of rotatable bonds is 1. The summed E-state index contributed by atoms with van der Waals surface area (Å²) in [6.45, 7) is 4.16. The molecule has 14 heavy (non-hydrogen) atoms. The standard InChI is InChI=1S/C10H11N3O/c1-6(2)10-12-9-7(14-10)5-8-11-3-4-13(8)9/h3-4,6H,5H2,1-2H3. The largest absolute Gasteiger partial charge is 0.443 e. The van der Waals surface area contributed by atoms with Gasteiger partial charge in [0, 0.05) is 18.3 Å². The summed E-state index contributed by atoms with van der Waals surface area (Å²) in [5.41, 5.74) is 0. The molecule has 0 aliphatic carbocycles. The van der Waals surface area contributed by atoms with Crippen LogP contribution in [0.3, 0.4) is 0 Å². The van der Waals surface area contributed by atoms with Crippen molar-refractivity contribution >= 4 is 0 Å². The van der Waals surface area contributed by atoms with Crippen LogP contribution in [0.5, 0.6) is 0 Å². The zero-order chi connectivity index (χ0) is 9.71. The molecule has 4 nitrogen and oxygen atoms in total. The number of hydrogen-bond donors (Lipinski definition) is 0. The van der Waals surface area contributed by atoms with Gasteiger partial charge < -0.3 is 4.42 Å². The van der Waals surface area contributed by atoms with Crippen LogP contribution in [-0.2, 0) is 6.42 Å². The van der Waals surface area contributed by atoms with Crippen molar-refractivity contribution in [2.75, 3.05) is 0 Å². The molecule has 0 radical (unpaired) electrons. The van der Waals surface area contributed by atoms with Gasteiger partial charge in [-0.15, -0.1) is 0 Å². The van der Waals surface area contributed by atoms with E-state index in [2.05, 4.69) is 23.8 Å². The van der Waals surface area contributed by atoms with Gasteiger partial charge in [-0.3, -0.25) is 4.57 Å². The molecular formula is C10H11N3O. The van der Waals surface area contributed by atoms with Crippen molar-refractivity contribution in [1.82, 2.24) is 14.5 Å². The molecule has 0 bridgehead atoms. The molecule has 0 fully saturated rings. The van der Waals surface area contributed by atoms with Gasteiger partial charge in [0.15, 0.2) is 17.5 Å². The van der Waals surface area contributed by atoms with Crippen molar-refractivity contribution in [1.29, 1.82) is 0 Å². The van der Waals surface area contributed by atoms with E-state index in [0.29, 0.717) is 5.92 Å². The molecule has 1 aliphatic rings. The molecule has 2 aromatic rings. The van der Waals surface area contributed by atoms with E-state index in [1.807, 2.05) is 10.8 Å². The minimum absolute atomic E-state index is 0.340. The molecule has 0 unspecified atom stereocenters. The average Bonchev–Trinajstić information content (AvgIpc) is 2.70. The normalized spacial score (nSPS) is 13.4. The molecule has 4 heteroatoms. The second-order valence-electron chi connectivity index (χ2n) is 3.84. The smallest absolute Gasteiger partial charge is 0.199 e. The van der Waals surface area contributed by atoms with Crippen LogP contribution in [0.1, 0.15) is 37.2 Å². The van der Waals surface area contributed by atoms with Crippen LogP contribution in [-0.4, -0.2) is 14.5 Å². The molecular weight excluding hydrogens is 178 g/mol. The van der Waals surface area contributed by atoms with Crippen LogP contribution in [0, 0.1) is 0 Å². The Morgan fingerprint density at radius 1 is 1.50 bits per heavy atom. The summed E-state index contributed by atoms with van der Waals surface area (Å²) in [5.74, 6) is 4.03. The van der Waals surface area contributed by atoms with Gasteiger partial charge in [0.1, 0.15) is 5.82 Å². The van der Waals surface area contributed by atoms with E-state index in [4.69, 9.17) is 4.42 Å². The molecule has 0 saturated heterocycles. The third-order valence-electron chi connectivity index (χ3n) is 2.45. The Hall–Kier alpha value is -1.58. The highest BCUT2D eigenvalue weighted by Gasteiger charge is 2.25. The maximum atomic E-state index is 5.66. The third kappa shape index (κ3) is 0.880. The summed E-state index contributed by atoms with van der Waals surface area (Å²) < 4.78 is 7.65. The van der Waals surface area contributed by atoms with Crippen molar-refractivity contribution < 1.29 is 4.42 Å². The highest BCUT2D eigenvalue weighted by atomic mass is 16.4. The Labute approximate surface area is 81.6 Å². The molecule has 0 atom stereocenters. The van der Waals surface area contributed by atoms with Crippen molar-refractivity contribution in [3.05, 3.63) is 29.9 Å². The summed E-state index contributed by atoms with van der Waals surface area (Å²) in [7, 11) is 0. The molecule has 0 saturated carbocycles. The summed E-state index contributed by atoms with van der Waals surface area (Å²) in [6.07, 6.45) is 4.48. The molecule has 2 aromatic heterocycles. The van der Waals surface area contributed by atoms with Crippen molar-refractivity contribution in [3.63, 3.8) is 0 Å². The minimum atomic E-state index is 0.340. The van der Waals surface area contributed by atoms with E-state index in [1.54, 1.807) is 6.20 Å². The molecule has 0 spiro atoms. The lowest BCUT2D eigenvalue weighted by Crippen LogP contribution is -1.94. The van der Waals surface area contributed by atoms with E-state index in [9.17, 15) is 0 Å². The summed E-state index contributed by atoms with van der Waals surface area (Å²) in [4.78, 5) is 8.68. The first-order valence-electron chi connectivity index (χ1n) is 4.78. The fourth-order valence-corrected chi connectivity index (χ4v) is 1.71. The molecule has 3 rings (SSSR count). The average molecular weight is 189 g/mol. The summed E-state index contributed by atoms with van der Waals surface area (Å²) in [5, 5.41) is 0. The van der Waals surface area contributed by atoms with E-state index in [1.165, 1.54) is 0 Å². The van der Waals surface area contributed by atoms with Gasteiger partial charge in [0.25, 0.3) is 0 Å². The van der Waals surface area contributed by atoms with Gasteiger partial charge in [-0.05, 0) is 0 Å². The fraction of sp³-hybridized carbons (Fsp3) is 0.400. The van der Waals surface area contributed by atoms with Crippen molar-refractivity contribution in [3.8, 4) is 5.82 Å². The first-order chi connectivity index (χ1) is 6.75. The van der Waals surface area contributed by atoms with Gasteiger partial charge in [-0.1, -0.05) is 13.8 Å². The number of oxazole rings is 1. The highest BCUT2D eigenvalue weighted by molar-refractivity contribution is 5.38. The molecule has 3 heterocycles. The maximum absolute atomic E-state index is 5.66. The molecule has 0 aromatic carbocycles. The quantitative estimate of drug-likeness (QED) is 0.587. The molecule has 72 valence electrons. The van der Waals surface area contributed by atoms with E-state index in [-0.39, 0.29) is 0 Å². The van der Waals surface area contributed by atoms with Crippen LogP contribution < -0.4 is 0 Å². The highest BCUT2D eigenvalue weighted by Crippen LogP contribution is 2.29. The zero-order valence-electron chi connectivity index (χ0n) is 8.19. The summed E-state index contributed by atoms with van der Waals surface area (Å²) in [6, 6.07) is 0. The Morgan fingerprint density at radius 2 is 2.36 bits per heavy atom. The Morgan fingerprint density at radius 3 is 3.14 bits per heavy atom. The Kier molecular flexibility index (Phi) is 1.37. The number of imidazole rings is 1. The van der Waals surface area contributed by atoms with Gasteiger partial charge in [0.2, 0.25) is 0 Å². The maximum Gasteiger partial charge on any atom is 0.199 e. The monoisotopic (exact) mass is 189 g/mol. The third-order valence-corrected chi connectivity index (χ3v) is 2.45. The van der Waals surface area contributed by atoms with Crippen molar-refractivity contribution in [2.45, 2.75) is 26.2 Å². The second-order valence-corrected chi connectivity index (χ2v) is 3.84. The van der Waals surface area contributed by atoms with Crippen LogP contribution in [0.4, 0.5) is 0 Å². The minimum Gasteiger partial charge on any atom is -0.443 e. The van der Waals surface area contributed by atoms with Gasteiger partial charge >= 0.3 is 0 Å². The number of fused-ring (bicyclic) bond motifs is 3. The van der Waals surface area contributed by atoms with E-state index in [0.717, 1.165) is 29.7 Å². The van der Waals surface area contributed by atoms with E-state index < -0.39 is 0 Å². The first-order valence-corrected chi connectivity index (χ1v) is 4.78. The molecule has 0 N–H and O–H groups in total. The number of nitrogens with zero attached hydrogens (tertiary/aromatic N) is 3. The topological polar surface area (TPSA) is 43.9 Å². The van der Waals surface area contributed by atoms with Crippen molar-refractivity contribution in [2.24, 2.45) is 0 Å². The van der Waals surface area contributed by atoms with E-state index >= 15 is 0 Å². The Balaban J connectivity index is 2.15. The fourth-order valence-electron chi connectivity index (χ4n) is 1.71. The molecule has 1 aliphatic heterocycles. The van der Waals surface area contributed by atoms with Gasteiger partial charge in [-0.2, -0.15) is 4.98 Å². The first kappa shape index (κ1) is 7.79. The summed E-state index contributed by atoms with van der Waals surface area (Å²) >= 11 is 0. The van der Waals surface area contributed by atoms with Gasteiger partial charge in [0.05, 0.1) is 6.42 Å². The lowest BCUT2D eigenvalue weighted by Gasteiger charge is -1.97.